The van der Waals surface area contributed by atoms with Crippen LogP contribution in [0.1, 0.15) is 31.9 Å². The number of esters is 1. The van der Waals surface area contributed by atoms with Gasteiger partial charge in [-0.1, -0.05) is 36.4 Å². The zero-order chi connectivity index (χ0) is 21.4. The minimum atomic E-state index is -1.08. The molecule has 0 aliphatic heterocycles. The number of hydrogen-bond donors (Lipinski definition) is 1. The van der Waals surface area contributed by atoms with Gasteiger partial charge in [-0.2, -0.15) is 0 Å². The van der Waals surface area contributed by atoms with E-state index in [-0.39, 0.29) is 12.0 Å². The van der Waals surface area contributed by atoms with E-state index < -0.39 is 29.5 Å². The van der Waals surface area contributed by atoms with E-state index in [0.717, 1.165) is 5.56 Å². The van der Waals surface area contributed by atoms with E-state index >= 15 is 0 Å². The maximum atomic E-state index is 14.5. The first-order chi connectivity index (χ1) is 13.7. The van der Waals surface area contributed by atoms with E-state index in [9.17, 15) is 14.0 Å². The van der Waals surface area contributed by atoms with Gasteiger partial charge >= 0.3 is 12.1 Å². The molecule has 0 aliphatic rings. The molecule has 1 atom stereocenters. The van der Waals surface area contributed by atoms with Gasteiger partial charge in [0.1, 0.15) is 29.8 Å². The molecule has 1 N–H and O–H groups in total. The normalized spacial score (nSPS) is 12.0. The third-order valence-corrected chi connectivity index (χ3v) is 3.87. The molecule has 156 valence electrons. The molecule has 0 aromatic heterocycles. The predicted molar refractivity (Wildman–Crippen MR) is 106 cm³/mol. The van der Waals surface area contributed by atoms with E-state index in [1.54, 1.807) is 26.8 Å². The van der Waals surface area contributed by atoms with Crippen molar-refractivity contribution >= 4 is 12.1 Å². The van der Waals surface area contributed by atoms with Crippen LogP contribution < -0.4 is 10.1 Å². The SMILES string of the molecule is COC(=O)[C@H](Cc1ccc(OCc2ccccc2)cc1F)NC(=O)OC(C)(C)C. The van der Waals surface area contributed by atoms with Crippen molar-refractivity contribution in [2.45, 2.75) is 45.4 Å². The van der Waals surface area contributed by atoms with E-state index in [1.807, 2.05) is 30.3 Å². The Hall–Kier alpha value is -3.09. The number of alkyl carbamates (subject to hydrolysis) is 1. The maximum Gasteiger partial charge on any atom is 0.408 e. The van der Waals surface area contributed by atoms with Crippen LogP contribution in [0.3, 0.4) is 0 Å². The highest BCUT2D eigenvalue weighted by Gasteiger charge is 2.26. The molecule has 0 heterocycles. The van der Waals surface area contributed by atoms with Crippen molar-refractivity contribution in [1.29, 1.82) is 0 Å². The standard InChI is InChI=1S/C22H26FNO5/c1-22(2,3)29-21(26)24-19(20(25)27-4)12-16-10-11-17(13-18(16)23)28-14-15-8-6-5-7-9-15/h5-11,13,19H,12,14H2,1-4H3,(H,24,26)/t19-/m0/s1. The van der Waals surface area contributed by atoms with Crippen LogP contribution in [0.25, 0.3) is 0 Å². The van der Waals surface area contributed by atoms with Crippen LogP contribution in [0.5, 0.6) is 5.75 Å². The lowest BCUT2D eigenvalue weighted by molar-refractivity contribution is -0.143. The fourth-order valence-electron chi connectivity index (χ4n) is 2.53. The van der Waals surface area contributed by atoms with Gasteiger partial charge < -0.3 is 19.5 Å². The van der Waals surface area contributed by atoms with Crippen molar-refractivity contribution in [1.82, 2.24) is 5.32 Å². The second kappa shape index (κ2) is 9.91. The van der Waals surface area contributed by atoms with Gasteiger partial charge in [-0.3, -0.25) is 0 Å². The largest absolute Gasteiger partial charge is 0.489 e. The first-order valence-electron chi connectivity index (χ1n) is 9.20. The fourth-order valence-corrected chi connectivity index (χ4v) is 2.53. The van der Waals surface area contributed by atoms with Crippen LogP contribution >= 0.6 is 0 Å². The summed E-state index contributed by atoms with van der Waals surface area (Å²) in [7, 11) is 1.20. The topological polar surface area (TPSA) is 73.9 Å². The molecular formula is C22H26FNO5. The minimum Gasteiger partial charge on any atom is -0.489 e. The van der Waals surface area contributed by atoms with Crippen LogP contribution in [0.15, 0.2) is 48.5 Å². The van der Waals surface area contributed by atoms with Crippen molar-refractivity contribution < 1.29 is 28.2 Å². The highest BCUT2D eigenvalue weighted by atomic mass is 19.1. The molecular weight excluding hydrogens is 377 g/mol. The number of methoxy groups -OCH3 is 1. The van der Waals surface area contributed by atoms with Gasteiger partial charge in [-0.05, 0) is 38.0 Å². The first kappa shape index (κ1) is 22.2. The van der Waals surface area contributed by atoms with Crippen LogP contribution in [-0.2, 0) is 27.3 Å². The Labute approximate surface area is 170 Å². The second-order valence-electron chi connectivity index (χ2n) is 7.45. The molecule has 6 nitrogen and oxygen atoms in total. The number of ether oxygens (including phenoxy) is 3. The molecule has 2 aromatic carbocycles. The Balaban J connectivity index is 2.04. The number of nitrogens with one attached hydrogen (secondary N) is 1. The van der Waals surface area contributed by atoms with Crippen LogP contribution in [0, 0.1) is 5.82 Å². The summed E-state index contributed by atoms with van der Waals surface area (Å²) < 4.78 is 30.0. The van der Waals surface area contributed by atoms with Crippen molar-refractivity contribution in [2.75, 3.05) is 7.11 Å². The number of benzene rings is 2. The Bertz CT molecular complexity index is 833. The van der Waals surface area contributed by atoms with E-state index in [2.05, 4.69) is 5.32 Å². The van der Waals surface area contributed by atoms with Gasteiger partial charge in [-0.15, -0.1) is 0 Å². The smallest absolute Gasteiger partial charge is 0.408 e. The number of hydrogen-bond acceptors (Lipinski definition) is 5. The molecule has 0 unspecified atom stereocenters. The zero-order valence-corrected chi connectivity index (χ0v) is 17.0. The second-order valence-corrected chi connectivity index (χ2v) is 7.45. The van der Waals surface area contributed by atoms with E-state index in [4.69, 9.17) is 14.2 Å². The molecule has 2 rings (SSSR count). The number of carbonyl (C=O) groups is 2. The molecule has 7 heteroatoms. The molecule has 0 bridgehead atoms. The molecule has 2 aromatic rings. The summed E-state index contributed by atoms with van der Waals surface area (Å²) in [5.74, 6) is -0.875. The third-order valence-electron chi connectivity index (χ3n) is 3.87. The maximum absolute atomic E-state index is 14.5. The lowest BCUT2D eigenvalue weighted by Gasteiger charge is -2.22. The molecule has 0 aliphatic carbocycles. The van der Waals surface area contributed by atoms with Gasteiger partial charge in [0.2, 0.25) is 0 Å². The molecule has 0 radical (unpaired) electrons. The average Bonchev–Trinajstić information content (AvgIpc) is 2.66. The minimum absolute atomic E-state index is 0.0866. The van der Waals surface area contributed by atoms with E-state index in [0.29, 0.717) is 12.4 Å². The third kappa shape index (κ3) is 7.44. The first-order valence-corrected chi connectivity index (χ1v) is 9.20. The summed E-state index contributed by atoms with van der Waals surface area (Å²) in [6.07, 6.45) is -0.868. The molecule has 0 fully saturated rings. The summed E-state index contributed by atoms with van der Waals surface area (Å²) in [5.41, 5.74) is 0.473. The highest BCUT2D eigenvalue weighted by Crippen LogP contribution is 2.20. The van der Waals surface area contributed by atoms with Gasteiger partial charge in [0, 0.05) is 12.5 Å². The zero-order valence-electron chi connectivity index (χ0n) is 17.0. The molecule has 0 saturated carbocycles. The van der Waals surface area contributed by atoms with Crippen molar-refractivity contribution in [3.8, 4) is 5.75 Å². The van der Waals surface area contributed by atoms with Gasteiger partial charge in [0.15, 0.2) is 0 Å². The quantitative estimate of drug-likeness (QED) is 0.707. The molecule has 29 heavy (non-hydrogen) atoms. The lowest BCUT2D eigenvalue weighted by atomic mass is 10.1. The number of halogens is 1. The number of carbonyl (C=O) groups excluding carboxylic acids is 2. The van der Waals surface area contributed by atoms with Gasteiger partial charge in [-0.25, -0.2) is 14.0 Å². The van der Waals surface area contributed by atoms with E-state index in [1.165, 1.54) is 19.2 Å². The summed E-state index contributed by atoms with van der Waals surface area (Å²) in [5, 5.41) is 2.43. The Kier molecular flexibility index (Phi) is 7.59. The van der Waals surface area contributed by atoms with Gasteiger partial charge in [0.25, 0.3) is 0 Å². The Morgan fingerprint density at radius 1 is 1.10 bits per heavy atom. The Morgan fingerprint density at radius 3 is 2.38 bits per heavy atom. The monoisotopic (exact) mass is 403 g/mol. The van der Waals surface area contributed by atoms with Crippen LogP contribution in [0.2, 0.25) is 0 Å². The number of rotatable bonds is 7. The highest BCUT2D eigenvalue weighted by molar-refractivity contribution is 5.81. The van der Waals surface area contributed by atoms with Crippen molar-refractivity contribution in [2.24, 2.45) is 0 Å². The summed E-state index contributed by atoms with van der Waals surface area (Å²) in [6.45, 7) is 5.42. The van der Waals surface area contributed by atoms with Crippen molar-refractivity contribution in [3.63, 3.8) is 0 Å². The summed E-state index contributed by atoms with van der Waals surface area (Å²) >= 11 is 0. The Morgan fingerprint density at radius 2 is 1.79 bits per heavy atom. The molecule has 0 spiro atoms. The molecule has 1 amide bonds. The van der Waals surface area contributed by atoms with Gasteiger partial charge in [0.05, 0.1) is 7.11 Å². The average molecular weight is 403 g/mol. The lowest BCUT2D eigenvalue weighted by Crippen LogP contribution is -2.45. The molecule has 0 saturated heterocycles. The van der Waals surface area contributed by atoms with Crippen molar-refractivity contribution in [3.05, 3.63) is 65.5 Å². The fraction of sp³-hybridized carbons (Fsp3) is 0.364. The van der Waals surface area contributed by atoms with Crippen LogP contribution in [0.4, 0.5) is 9.18 Å². The number of amides is 1. The predicted octanol–water partition coefficient (Wildman–Crippen LogP) is 4.01. The summed E-state index contributed by atoms with van der Waals surface area (Å²) in [6, 6.07) is 12.8. The van der Waals surface area contributed by atoms with Crippen LogP contribution in [-0.4, -0.2) is 30.8 Å². The summed E-state index contributed by atoms with van der Waals surface area (Å²) in [4.78, 5) is 24.0.